The van der Waals surface area contributed by atoms with Crippen LogP contribution in [0.2, 0.25) is 0 Å². The molecule has 6 rings (SSSR count). The Hall–Kier alpha value is -3.62. The maximum absolute atomic E-state index is 3.58. The van der Waals surface area contributed by atoms with Crippen LogP contribution >= 0.6 is 0 Å². The molecule has 2 heteroatoms. The van der Waals surface area contributed by atoms with Gasteiger partial charge in [0.2, 0.25) is 0 Å². The van der Waals surface area contributed by atoms with Crippen molar-refractivity contribution in [3.63, 3.8) is 0 Å². The number of fused-ring (bicyclic) bond motifs is 2. The topological polar surface area (TPSA) is 24.1 Å². The minimum atomic E-state index is 0.504. The zero-order valence-electron chi connectivity index (χ0n) is 26.2. The number of aryl methyl sites for hydroxylation is 4. The first-order chi connectivity index (χ1) is 19.8. The minimum absolute atomic E-state index is 0.504. The minimum Gasteiger partial charge on any atom is -0.394 e. The molecule has 0 radical (unpaired) electrons. The molecule has 0 bridgehead atoms. The fourth-order valence-corrected chi connectivity index (χ4v) is 6.38. The van der Waals surface area contributed by atoms with Crippen LogP contribution in [0.5, 0.6) is 0 Å². The van der Waals surface area contributed by atoms with Crippen molar-refractivity contribution >= 4 is 11.1 Å². The highest BCUT2D eigenvalue weighted by atomic mass is 14.9. The normalized spacial score (nSPS) is 17.6. The van der Waals surface area contributed by atoms with Gasteiger partial charge in [-0.1, -0.05) is 95.6 Å². The van der Waals surface area contributed by atoms with Crippen molar-refractivity contribution in [1.82, 2.24) is 10.6 Å². The van der Waals surface area contributed by atoms with Crippen molar-refractivity contribution in [2.45, 2.75) is 66.7 Å². The molecule has 3 aromatic carbocycles. The molecule has 0 aromatic heterocycles. The second-order valence-corrected chi connectivity index (χ2v) is 11.5. The number of rotatable bonds is 3. The summed E-state index contributed by atoms with van der Waals surface area (Å²) in [5, 5.41) is 6.42. The summed E-state index contributed by atoms with van der Waals surface area (Å²) in [6, 6.07) is 24.3. The number of hydrogen-bond acceptors (Lipinski definition) is 2. The lowest BCUT2D eigenvalue weighted by atomic mass is 9.78. The molecule has 2 aliphatic carbocycles. The van der Waals surface area contributed by atoms with Gasteiger partial charge in [-0.25, -0.2) is 0 Å². The molecule has 214 valence electrons. The maximum atomic E-state index is 3.58. The van der Waals surface area contributed by atoms with E-state index in [9.17, 15) is 0 Å². The average Bonchev–Trinajstić information content (AvgIpc) is 3.31. The Morgan fingerprint density at radius 1 is 0.756 bits per heavy atom. The molecule has 3 aromatic rings. The second kappa shape index (κ2) is 14.3. The van der Waals surface area contributed by atoms with Gasteiger partial charge in [-0.3, -0.25) is 0 Å². The molecule has 0 amide bonds. The molecule has 3 aliphatic rings. The number of benzene rings is 3. The Bertz CT molecular complexity index is 1460. The summed E-state index contributed by atoms with van der Waals surface area (Å²) in [4.78, 5) is 0. The molecule has 1 atom stereocenters. The van der Waals surface area contributed by atoms with E-state index in [2.05, 4.69) is 118 Å². The number of hydrogen-bond donors (Lipinski definition) is 2. The standard InChI is InChI=1S/C27H29N.C8H10.C4H9N/c1-17-8-10-21(18(2)14-17)22-11-9-20(15-19(22)3)27-24-7-5-4-6-23(24)26-16-28-13-12-25(26)27;1-7-5-3-4-6-8(7)2;1-3-4-5-2/h4-8,10,14-15,27-28H,9,11-13,16H2,1-3H3;3-6H,1-2H3;3-5H,1-2H3/b;;4-3-. The molecule has 0 saturated heterocycles. The molecule has 0 fully saturated rings. The molecule has 1 aliphatic heterocycles. The van der Waals surface area contributed by atoms with Gasteiger partial charge in [0.05, 0.1) is 0 Å². The third-order valence-corrected chi connectivity index (χ3v) is 8.58. The Morgan fingerprint density at radius 3 is 2.07 bits per heavy atom. The Morgan fingerprint density at radius 2 is 1.46 bits per heavy atom. The molecular formula is C39H48N2. The average molecular weight is 545 g/mol. The lowest BCUT2D eigenvalue weighted by molar-refractivity contribution is 0.686. The summed E-state index contributed by atoms with van der Waals surface area (Å²) in [7, 11) is 1.88. The van der Waals surface area contributed by atoms with Crippen LogP contribution in [0.1, 0.15) is 78.0 Å². The van der Waals surface area contributed by atoms with Gasteiger partial charge >= 0.3 is 0 Å². The first-order valence-corrected chi connectivity index (χ1v) is 15.2. The highest BCUT2D eigenvalue weighted by molar-refractivity contribution is 5.82. The van der Waals surface area contributed by atoms with E-state index < -0.39 is 0 Å². The zero-order chi connectivity index (χ0) is 29.4. The third-order valence-electron chi connectivity index (χ3n) is 8.58. The lowest BCUT2D eigenvalue weighted by Gasteiger charge is -2.27. The van der Waals surface area contributed by atoms with Gasteiger partial charge in [0.1, 0.15) is 0 Å². The first kappa shape index (κ1) is 30.3. The summed E-state index contributed by atoms with van der Waals surface area (Å²) in [5.74, 6) is 0.504. The second-order valence-electron chi connectivity index (χ2n) is 11.5. The van der Waals surface area contributed by atoms with Crippen molar-refractivity contribution < 1.29 is 0 Å². The molecule has 1 heterocycles. The van der Waals surface area contributed by atoms with E-state index in [0.29, 0.717) is 5.92 Å². The van der Waals surface area contributed by atoms with Crippen molar-refractivity contribution in [2.75, 3.05) is 20.1 Å². The monoisotopic (exact) mass is 544 g/mol. The molecule has 41 heavy (non-hydrogen) atoms. The quantitative estimate of drug-likeness (QED) is 0.343. The lowest BCUT2D eigenvalue weighted by Crippen LogP contribution is -2.24. The Labute approximate surface area is 249 Å². The van der Waals surface area contributed by atoms with Crippen LogP contribution in [0.25, 0.3) is 11.1 Å². The smallest absolute Gasteiger partial charge is 0.0274 e. The Kier molecular flexibility index (Phi) is 10.6. The van der Waals surface area contributed by atoms with Crippen molar-refractivity contribution in [1.29, 1.82) is 0 Å². The van der Waals surface area contributed by atoms with Gasteiger partial charge in [-0.15, -0.1) is 0 Å². The van der Waals surface area contributed by atoms with Gasteiger partial charge < -0.3 is 10.6 Å². The van der Waals surface area contributed by atoms with Crippen molar-refractivity contribution in [3.8, 4) is 0 Å². The van der Waals surface area contributed by atoms with Gasteiger partial charge in [-0.05, 0) is 124 Å². The van der Waals surface area contributed by atoms with Crippen LogP contribution in [0, 0.1) is 27.7 Å². The molecular weight excluding hydrogens is 496 g/mol. The van der Waals surface area contributed by atoms with E-state index in [-0.39, 0.29) is 0 Å². The third kappa shape index (κ3) is 7.18. The number of allylic oxidation sites excluding steroid dienone is 5. The predicted molar refractivity (Wildman–Crippen MR) is 179 cm³/mol. The fraction of sp³-hybridized carbons (Fsp3) is 0.333. The van der Waals surface area contributed by atoms with Crippen molar-refractivity contribution in [2.24, 2.45) is 0 Å². The van der Waals surface area contributed by atoms with E-state index in [1.165, 1.54) is 62.9 Å². The maximum Gasteiger partial charge on any atom is 0.0274 e. The van der Waals surface area contributed by atoms with E-state index in [1.54, 1.807) is 16.7 Å². The molecule has 0 saturated carbocycles. The fourth-order valence-electron chi connectivity index (χ4n) is 6.38. The first-order valence-electron chi connectivity index (χ1n) is 15.2. The summed E-state index contributed by atoms with van der Waals surface area (Å²) < 4.78 is 0. The number of nitrogens with one attached hydrogen (secondary N) is 2. The highest BCUT2D eigenvalue weighted by Crippen LogP contribution is 2.50. The van der Waals surface area contributed by atoms with Crippen LogP contribution in [0.15, 0.2) is 102 Å². The van der Waals surface area contributed by atoms with Crippen LogP contribution < -0.4 is 10.6 Å². The van der Waals surface area contributed by atoms with Crippen LogP contribution in [-0.4, -0.2) is 20.1 Å². The Balaban J connectivity index is 0.000000248. The molecule has 1 unspecified atom stereocenters. The van der Waals surface area contributed by atoms with Crippen LogP contribution in [0.4, 0.5) is 0 Å². The van der Waals surface area contributed by atoms with E-state index >= 15 is 0 Å². The van der Waals surface area contributed by atoms with E-state index in [4.69, 9.17) is 0 Å². The van der Waals surface area contributed by atoms with Gasteiger partial charge in [0.25, 0.3) is 0 Å². The molecule has 2 N–H and O–H groups in total. The van der Waals surface area contributed by atoms with Crippen molar-refractivity contribution in [3.05, 3.63) is 141 Å². The summed E-state index contributed by atoms with van der Waals surface area (Å²) in [6.07, 6.45) is 9.83. The molecule has 0 spiro atoms. The zero-order valence-corrected chi connectivity index (χ0v) is 26.2. The predicted octanol–water partition coefficient (Wildman–Crippen LogP) is 9.38. The van der Waals surface area contributed by atoms with Gasteiger partial charge in [-0.2, -0.15) is 0 Å². The highest BCUT2D eigenvalue weighted by Gasteiger charge is 2.34. The summed E-state index contributed by atoms with van der Waals surface area (Å²) in [5.41, 5.74) is 17.8. The summed E-state index contributed by atoms with van der Waals surface area (Å²) >= 11 is 0. The van der Waals surface area contributed by atoms with Gasteiger partial charge in [0, 0.05) is 19.5 Å². The molecule has 2 nitrogen and oxygen atoms in total. The SMILES string of the molecule is C/C=C\NC.CC1=C(c2ccc(C)cc2C)CCC(C2C3=C(CNCC3)c3ccccc32)=C1.Cc1ccccc1C. The van der Waals surface area contributed by atoms with Crippen LogP contribution in [-0.2, 0) is 0 Å². The largest absolute Gasteiger partial charge is 0.394 e. The summed E-state index contributed by atoms with van der Waals surface area (Å²) in [6.45, 7) is 15.1. The van der Waals surface area contributed by atoms with E-state index in [0.717, 1.165) is 19.5 Å². The van der Waals surface area contributed by atoms with E-state index in [1.807, 2.05) is 26.2 Å². The van der Waals surface area contributed by atoms with Crippen LogP contribution in [0.3, 0.4) is 0 Å². The van der Waals surface area contributed by atoms with Gasteiger partial charge in [0.15, 0.2) is 0 Å².